The molecule has 0 atom stereocenters. The van der Waals surface area contributed by atoms with Gasteiger partial charge in [-0.2, -0.15) is 11.8 Å². The third kappa shape index (κ3) is 7.54. The average Bonchev–Trinajstić information content (AvgIpc) is 2.77. The molecule has 1 fully saturated rings. The summed E-state index contributed by atoms with van der Waals surface area (Å²) in [5.74, 6) is 1.35. The summed E-state index contributed by atoms with van der Waals surface area (Å²) < 4.78 is 26.9. The van der Waals surface area contributed by atoms with Gasteiger partial charge in [0.25, 0.3) is 0 Å². The van der Waals surface area contributed by atoms with Crippen molar-refractivity contribution in [2.75, 3.05) is 25.4 Å². The van der Waals surface area contributed by atoms with Gasteiger partial charge in [-0.05, 0) is 48.2 Å². The maximum atomic E-state index is 12.7. The summed E-state index contributed by atoms with van der Waals surface area (Å²) in [6, 6.07) is 12.4. The second-order valence-corrected chi connectivity index (χ2v) is 12.0. The Kier molecular flexibility index (Phi) is 9.58. The lowest BCUT2D eigenvalue weighted by atomic mass is 9.97. The highest BCUT2D eigenvalue weighted by molar-refractivity contribution is 7.98. The van der Waals surface area contributed by atoms with E-state index in [1.807, 2.05) is 12.1 Å². The lowest BCUT2D eigenvalue weighted by molar-refractivity contribution is -0.125. The molecular formula is C22H25Cl3N2O3S2. The predicted octanol–water partition coefficient (Wildman–Crippen LogP) is 5.24. The molecule has 1 amide bonds. The van der Waals surface area contributed by atoms with Crippen LogP contribution in [0.1, 0.15) is 24.0 Å². The van der Waals surface area contributed by atoms with Crippen LogP contribution >= 0.6 is 46.6 Å². The Morgan fingerprint density at radius 2 is 1.66 bits per heavy atom. The molecule has 2 aromatic rings. The zero-order valence-corrected chi connectivity index (χ0v) is 21.3. The highest BCUT2D eigenvalue weighted by atomic mass is 35.5. The SMILES string of the molecule is O=C(NCCSCc1ccc(Cl)c(Cl)c1)C1CCN(S(=O)(=O)Cc2ccc(Cl)cc2)CC1. The molecule has 5 nitrogen and oxygen atoms in total. The highest BCUT2D eigenvalue weighted by Gasteiger charge is 2.31. The largest absolute Gasteiger partial charge is 0.355 e. The summed E-state index contributed by atoms with van der Waals surface area (Å²) in [5.41, 5.74) is 1.79. The number of sulfonamides is 1. The van der Waals surface area contributed by atoms with Crippen LogP contribution < -0.4 is 5.32 Å². The topological polar surface area (TPSA) is 66.5 Å². The number of benzene rings is 2. The van der Waals surface area contributed by atoms with E-state index >= 15 is 0 Å². The Balaban J connectivity index is 1.36. The van der Waals surface area contributed by atoms with Gasteiger partial charge in [0.15, 0.2) is 0 Å². The number of carbonyl (C=O) groups excluding carboxylic acids is 1. The Morgan fingerprint density at radius 1 is 1.00 bits per heavy atom. The van der Waals surface area contributed by atoms with Crippen molar-refractivity contribution in [2.45, 2.75) is 24.3 Å². The van der Waals surface area contributed by atoms with Crippen molar-refractivity contribution in [3.05, 3.63) is 68.7 Å². The molecule has 0 aromatic heterocycles. The van der Waals surface area contributed by atoms with Gasteiger partial charge in [-0.3, -0.25) is 4.79 Å². The first-order chi connectivity index (χ1) is 15.2. The third-order valence-corrected chi connectivity index (χ3v) is 9.15. The van der Waals surface area contributed by atoms with Crippen LogP contribution in [0.25, 0.3) is 0 Å². The number of rotatable bonds is 9. The Bertz CT molecular complexity index is 1030. The van der Waals surface area contributed by atoms with Crippen LogP contribution in [0.3, 0.4) is 0 Å². The van der Waals surface area contributed by atoms with E-state index in [0.29, 0.717) is 53.1 Å². The first kappa shape index (κ1) is 25.7. The van der Waals surface area contributed by atoms with Crippen LogP contribution in [0.2, 0.25) is 15.1 Å². The molecule has 0 radical (unpaired) electrons. The Morgan fingerprint density at radius 3 is 2.31 bits per heavy atom. The number of hydrogen-bond acceptors (Lipinski definition) is 4. The van der Waals surface area contributed by atoms with Crippen LogP contribution in [0.15, 0.2) is 42.5 Å². The summed E-state index contributed by atoms with van der Waals surface area (Å²) in [6.07, 6.45) is 1.06. The van der Waals surface area contributed by atoms with Gasteiger partial charge in [-0.25, -0.2) is 12.7 Å². The third-order valence-electron chi connectivity index (χ3n) is 5.28. The van der Waals surface area contributed by atoms with Crippen molar-refractivity contribution in [1.82, 2.24) is 9.62 Å². The van der Waals surface area contributed by atoms with Gasteiger partial charge in [-0.15, -0.1) is 0 Å². The minimum atomic E-state index is -3.42. The summed E-state index contributed by atoms with van der Waals surface area (Å²) in [5, 5.41) is 4.62. The average molecular weight is 536 g/mol. The summed E-state index contributed by atoms with van der Waals surface area (Å²) >= 11 is 19.5. The first-order valence-corrected chi connectivity index (χ1v) is 14.2. The molecule has 1 aliphatic heterocycles. The fraction of sp³-hybridized carbons (Fsp3) is 0.409. The van der Waals surface area contributed by atoms with Crippen molar-refractivity contribution >= 4 is 62.5 Å². The molecule has 3 rings (SSSR count). The second-order valence-electron chi connectivity index (χ2n) is 7.65. The van der Waals surface area contributed by atoms with Gasteiger partial charge in [0.2, 0.25) is 15.9 Å². The molecule has 0 bridgehead atoms. The number of thioether (sulfide) groups is 1. The number of halogens is 3. The van der Waals surface area contributed by atoms with Gasteiger partial charge >= 0.3 is 0 Å². The standard InChI is InChI=1S/C22H25Cl3N2O3S2/c23-19-4-1-16(2-5-19)15-32(29,30)27-10-7-18(8-11-27)22(28)26-9-12-31-14-17-3-6-20(24)21(25)13-17/h1-6,13,18H,7-12,14-15H2,(H,26,28). The van der Waals surface area contributed by atoms with Gasteiger partial charge in [0, 0.05) is 42.1 Å². The molecule has 0 saturated carbocycles. The van der Waals surface area contributed by atoms with Crippen molar-refractivity contribution in [2.24, 2.45) is 5.92 Å². The number of carbonyl (C=O) groups is 1. The molecule has 32 heavy (non-hydrogen) atoms. The number of hydrogen-bond donors (Lipinski definition) is 1. The van der Waals surface area contributed by atoms with E-state index in [9.17, 15) is 13.2 Å². The van der Waals surface area contributed by atoms with Crippen molar-refractivity contribution in [1.29, 1.82) is 0 Å². The Hall–Kier alpha value is -0.960. The molecule has 10 heteroatoms. The van der Waals surface area contributed by atoms with Crippen molar-refractivity contribution in [3.63, 3.8) is 0 Å². The summed E-state index contributed by atoms with van der Waals surface area (Å²) in [7, 11) is -3.42. The van der Waals surface area contributed by atoms with Crippen LogP contribution in [-0.2, 0) is 26.3 Å². The molecule has 0 unspecified atom stereocenters. The van der Waals surface area contributed by atoms with E-state index in [2.05, 4.69) is 5.32 Å². The maximum Gasteiger partial charge on any atom is 0.223 e. The van der Waals surface area contributed by atoms with Gasteiger partial charge in [0.05, 0.1) is 15.8 Å². The smallest absolute Gasteiger partial charge is 0.223 e. The number of nitrogens with one attached hydrogen (secondary N) is 1. The molecule has 1 saturated heterocycles. The molecule has 1 N–H and O–H groups in total. The predicted molar refractivity (Wildman–Crippen MR) is 134 cm³/mol. The van der Waals surface area contributed by atoms with Crippen LogP contribution in [-0.4, -0.2) is 44.0 Å². The fourth-order valence-corrected chi connectivity index (χ4v) is 6.30. The number of piperidine rings is 1. The quantitative estimate of drug-likeness (QED) is 0.446. The molecule has 174 valence electrons. The number of amides is 1. The maximum absolute atomic E-state index is 12.7. The van der Waals surface area contributed by atoms with E-state index in [-0.39, 0.29) is 17.6 Å². The lowest BCUT2D eigenvalue weighted by Crippen LogP contribution is -2.43. The zero-order chi connectivity index (χ0) is 23.1. The molecule has 1 heterocycles. The summed E-state index contributed by atoms with van der Waals surface area (Å²) in [4.78, 5) is 12.5. The molecule has 0 spiro atoms. The summed E-state index contributed by atoms with van der Waals surface area (Å²) in [6.45, 7) is 1.29. The molecule has 0 aliphatic carbocycles. The van der Waals surface area contributed by atoms with E-state index in [0.717, 1.165) is 17.1 Å². The fourth-order valence-electron chi connectivity index (χ4n) is 3.49. The van der Waals surface area contributed by atoms with Gasteiger partial charge in [0.1, 0.15) is 0 Å². The van der Waals surface area contributed by atoms with Crippen LogP contribution in [0.5, 0.6) is 0 Å². The molecule has 2 aromatic carbocycles. The highest BCUT2D eigenvalue weighted by Crippen LogP contribution is 2.25. The van der Waals surface area contributed by atoms with E-state index in [4.69, 9.17) is 34.8 Å². The van der Waals surface area contributed by atoms with Gasteiger partial charge in [-0.1, -0.05) is 53.0 Å². The Labute approximate surface area is 208 Å². The van der Waals surface area contributed by atoms with Crippen molar-refractivity contribution < 1.29 is 13.2 Å². The normalized spacial score (nSPS) is 15.6. The van der Waals surface area contributed by atoms with Gasteiger partial charge < -0.3 is 5.32 Å². The first-order valence-electron chi connectivity index (χ1n) is 10.3. The molecular weight excluding hydrogens is 511 g/mol. The minimum Gasteiger partial charge on any atom is -0.355 e. The second kappa shape index (κ2) is 12.0. The van der Waals surface area contributed by atoms with E-state index in [1.54, 1.807) is 42.1 Å². The number of nitrogens with zero attached hydrogens (tertiary/aromatic N) is 1. The zero-order valence-electron chi connectivity index (χ0n) is 17.4. The van der Waals surface area contributed by atoms with Crippen molar-refractivity contribution in [3.8, 4) is 0 Å². The van der Waals surface area contributed by atoms with Crippen LogP contribution in [0, 0.1) is 5.92 Å². The van der Waals surface area contributed by atoms with E-state index < -0.39 is 10.0 Å². The van der Waals surface area contributed by atoms with E-state index in [1.165, 1.54) is 4.31 Å². The molecule has 1 aliphatic rings. The van der Waals surface area contributed by atoms with Crippen LogP contribution in [0.4, 0.5) is 0 Å². The lowest BCUT2D eigenvalue weighted by Gasteiger charge is -2.30. The minimum absolute atomic E-state index is 0.00473. The monoisotopic (exact) mass is 534 g/mol.